The average Bonchev–Trinajstić information content (AvgIpc) is 2.09. The maximum absolute atomic E-state index is 13.1. The molecule has 0 atom stereocenters. The van der Waals surface area contributed by atoms with Crippen molar-refractivity contribution in [2.24, 2.45) is 0 Å². The van der Waals surface area contributed by atoms with E-state index in [2.05, 4.69) is 0 Å². The monoisotopic (exact) mass is 201 g/mol. The van der Waals surface area contributed by atoms with Gasteiger partial charge in [-0.1, -0.05) is 0 Å². The first kappa shape index (κ1) is 10.2. The van der Waals surface area contributed by atoms with Gasteiger partial charge in [-0.25, -0.2) is 4.39 Å². The molecule has 2 N–H and O–H groups in total. The van der Waals surface area contributed by atoms with E-state index in [0.29, 0.717) is 12.3 Å². The third kappa shape index (κ3) is 3.14. The van der Waals surface area contributed by atoms with Crippen molar-refractivity contribution in [3.8, 4) is 5.75 Å². The fourth-order valence-corrected chi connectivity index (χ4v) is 1.12. The van der Waals surface area contributed by atoms with Crippen LogP contribution in [0.2, 0.25) is 0 Å². The molecule has 0 unspecified atom stereocenters. The molecule has 0 aliphatic rings. The molecule has 13 heavy (non-hydrogen) atoms. The summed E-state index contributed by atoms with van der Waals surface area (Å²) in [5, 5.41) is 0. The molecular formula is C9H12FNOS. The van der Waals surface area contributed by atoms with E-state index >= 15 is 0 Å². The van der Waals surface area contributed by atoms with E-state index in [9.17, 15) is 4.39 Å². The van der Waals surface area contributed by atoms with Crippen LogP contribution in [-0.2, 0) is 0 Å². The first-order valence-corrected chi connectivity index (χ1v) is 5.30. The average molecular weight is 201 g/mol. The van der Waals surface area contributed by atoms with Gasteiger partial charge in [-0.2, -0.15) is 11.8 Å². The summed E-state index contributed by atoms with van der Waals surface area (Å²) in [6.07, 6.45) is 1.97. The summed E-state index contributed by atoms with van der Waals surface area (Å²) < 4.78 is 18.2. The highest BCUT2D eigenvalue weighted by Gasteiger charge is 2.02. The SMILES string of the molecule is CSCCOc1ccc(N)cc1F. The van der Waals surface area contributed by atoms with Gasteiger partial charge in [0.1, 0.15) is 0 Å². The van der Waals surface area contributed by atoms with Crippen molar-refractivity contribution in [1.82, 2.24) is 0 Å². The van der Waals surface area contributed by atoms with Crippen LogP contribution in [0.3, 0.4) is 0 Å². The number of ether oxygens (including phenoxy) is 1. The number of thioether (sulfide) groups is 1. The highest BCUT2D eigenvalue weighted by molar-refractivity contribution is 7.98. The van der Waals surface area contributed by atoms with Crippen LogP contribution >= 0.6 is 11.8 Å². The van der Waals surface area contributed by atoms with Gasteiger partial charge in [0.25, 0.3) is 0 Å². The van der Waals surface area contributed by atoms with E-state index in [1.165, 1.54) is 6.07 Å². The Kier molecular flexibility index (Phi) is 3.89. The van der Waals surface area contributed by atoms with Crippen molar-refractivity contribution in [1.29, 1.82) is 0 Å². The first-order chi connectivity index (χ1) is 6.24. The summed E-state index contributed by atoms with van der Waals surface area (Å²) in [6, 6.07) is 4.43. The van der Waals surface area contributed by atoms with Crippen molar-refractivity contribution in [2.75, 3.05) is 24.3 Å². The van der Waals surface area contributed by atoms with E-state index in [1.54, 1.807) is 23.9 Å². The lowest BCUT2D eigenvalue weighted by Crippen LogP contribution is -2.01. The van der Waals surface area contributed by atoms with Crippen LogP contribution in [0.25, 0.3) is 0 Å². The number of rotatable bonds is 4. The molecule has 4 heteroatoms. The van der Waals surface area contributed by atoms with Crippen LogP contribution in [-0.4, -0.2) is 18.6 Å². The standard InChI is InChI=1S/C9H12FNOS/c1-13-5-4-12-9-3-2-7(11)6-8(9)10/h2-3,6H,4-5,11H2,1H3. The van der Waals surface area contributed by atoms with Crippen LogP contribution in [0.1, 0.15) is 0 Å². The van der Waals surface area contributed by atoms with Gasteiger partial charge in [0, 0.05) is 17.5 Å². The number of halogens is 1. The number of hydrogen-bond acceptors (Lipinski definition) is 3. The molecule has 0 bridgehead atoms. The third-order valence-electron chi connectivity index (χ3n) is 1.50. The number of benzene rings is 1. The zero-order valence-corrected chi connectivity index (χ0v) is 8.23. The quantitative estimate of drug-likeness (QED) is 0.599. The second-order valence-electron chi connectivity index (χ2n) is 2.53. The summed E-state index contributed by atoms with van der Waals surface area (Å²) in [5.41, 5.74) is 5.79. The molecule has 0 heterocycles. The molecule has 0 fully saturated rings. The predicted molar refractivity (Wildman–Crippen MR) is 54.7 cm³/mol. The Balaban J connectivity index is 2.56. The summed E-state index contributed by atoms with van der Waals surface area (Å²) in [6.45, 7) is 0.516. The molecule has 72 valence electrons. The zero-order valence-electron chi connectivity index (χ0n) is 7.42. The minimum absolute atomic E-state index is 0.267. The van der Waals surface area contributed by atoms with E-state index in [-0.39, 0.29) is 5.75 Å². The van der Waals surface area contributed by atoms with E-state index in [1.807, 2.05) is 6.26 Å². The molecule has 0 spiro atoms. The van der Waals surface area contributed by atoms with Crippen molar-refractivity contribution < 1.29 is 9.13 Å². The highest BCUT2D eigenvalue weighted by atomic mass is 32.2. The molecule has 1 aromatic rings. The lowest BCUT2D eigenvalue weighted by atomic mass is 10.3. The summed E-state index contributed by atoms with van der Waals surface area (Å²) in [7, 11) is 0. The smallest absolute Gasteiger partial charge is 0.167 e. The lowest BCUT2D eigenvalue weighted by molar-refractivity contribution is 0.325. The lowest BCUT2D eigenvalue weighted by Gasteiger charge is -2.06. The number of hydrogen-bond donors (Lipinski definition) is 1. The van der Waals surface area contributed by atoms with Gasteiger partial charge in [0.05, 0.1) is 6.61 Å². The largest absolute Gasteiger partial charge is 0.490 e. The summed E-state index contributed by atoms with van der Waals surface area (Å²) >= 11 is 1.66. The molecule has 0 saturated heterocycles. The minimum Gasteiger partial charge on any atom is -0.490 e. The summed E-state index contributed by atoms with van der Waals surface area (Å²) in [4.78, 5) is 0. The van der Waals surface area contributed by atoms with Crippen LogP contribution in [0.5, 0.6) is 5.75 Å². The minimum atomic E-state index is -0.402. The maximum Gasteiger partial charge on any atom is 0.167 e. The Morgan fingerprint density at radius 1 is 1.54 bits per heavy atom. The Morgan fingerprint density at radius 2 is 2.31 bits per heavy atom. The van der Waals surface area contributed by atoms with Crippen LogP contribution in [0.15, 0.2) is 18.2 Å². The normalized spacial score (nSPS) is 10.0. The number of nitrogens with two attached hydrogens (primary N) is 1. The molecule has 0 amide bonds. The second-order valence-corrected chi connectivity index (χ2v) is 3.52. The van der Waals surface area contributed by atoms with Gasteiger partial charge in [-0.15, -0.1) is 0 Å². The first-order valence-electron chi connectivity index (χ1n) is 3.91. The van der Waals surface area contributed by atoms with Gasteiger partial charge in [0.2, 0.25) is 0 Å². The molecule has 2 nitrogen and oxygen atoms in total. The highest BCUT2D eigenvalue weighted by Crippen LogP contribution is 2.19. The van der Waals surface area contributed by atoms with E-state index < -0.39 is 5.82 Å². The van der Waals surface area contributed by atoms with Gasteiger partial charge >= 0.3 is 0 Å². The van der Waals surface area contributed by atoms with E-state index in [4.69, 9.17) is 10.5 Å². The van der Waals surface area contributed by atoms with Crippen molar-refractivity contribution in [3.63, 3.8) is 0 Å². The van der Waals surface area contributed by atoms with Gasteiger partial charge in [-0.05, 0) is 18.4 Å². The zero-order chi connectivity index (χ0) is 9.68. The molecule has 1 rings (SSSR count). The molecular weight excluding hydrogens is 189 g/mol. The fourth-order valence-electron chi connectivity index (χ4n) is 0.869. The third-order valence-corrected chi connectivity index (χ3v) is 2.08. The van der Waals surface area contributed by atoms with Crippen LogP contribution < -0.4 is 10.5 Å². The predicted octanol–water partition coefficient (Wildman–Crippen LogP) is 2.15. The van der Waals surface area contributed by atoms with Gasteiger partial charge in [-0.3, -0.25) is 0 Å². The van der Waals surface area contributed by atoms with Crippen LogP contribution in [0, 0.1) is 5.82 Å². The fraction of sp³-hybridized carbons (Fsp3) is 0.333. The molecule has 1 aromatic carbocycles. The topological polar surface area (TPSA) is 35.2 Å². The van der Waals surface area contributed by atoms with Crippen molar-refractivity contribution in [3.05, 3.63) is 24.0 Å². The molecule has 0 aliphatic carbocycles. The van der Waals surface area contributed by atoms with Gasteiger partial charge in [0.15, 0.2) is 11.6 Å². The maximum atomic E-state index is 13.1. The Morgan fingerprint density at radius 3 is 2.92 bits per heavy atom. The number of anilines is 1. The Bertz CT molecular complexity index is 280. The second kappa shape index (κ2) is 4.97. The van der Waals surface area contributed by atoms with Crippen molar-refractivity contribution in [2.45, 2.75) is 0 Å². The van der Waals surface area contributed by atoms with Crippen LogP contribution in [0.4, 0.5) is 10.1 Å². The molecule has 0 aromatic heterocycles. The number of nitrogen functional groups attached to an aromatic ring is 1. The Hall–Kier alpha value is -0.900. The summed E-state index contributed by atoms with van der Waals surface area (Å²) in [5.74, 6) is 0.716. The van der Waals surface area contributed by atoms with E-state index in [0.717, 1.165) is 5.75 Å². The van der Waals surface area contributed by atoms with Gasteiger partial charge < -0.3 is 10.5 Å². The van der Waals surface area contributed by atoms with Crippen molar-refractivity contribution >= 4 is 17.4 Å². The molecule has 0 aliphatic heterocycles. The molecule has 0 radical (unpaired) electrons. The Labute approximate surface area is 81.3 Å². The molecule has 0 saturated carbocycles.